The van der Waals surface area contributed by atoms with Crippen LogP contribution in [0.3, 0.4) is 0 Å². The lowest BCUT2D eigenvalue weighted by molar-refractivity contribution is -0.117. The summed E-state index contributed by atoms with van der Waals surface area (Å²) in [6.07, 6.45) is 0. The van der Waals surface area contributed by atoms with Gasteiger partial charge in [-0.15, -0.1) is 0 Å². The highest BCUT2D eigenvalue weighted by Gasteiger charge is 2.09. The Balaban J connectivity index is 2.96. The highest BCUT2D eigenvalue weighted by Crippen LogP contribution is 2.26. The van der Waals surface area contributed by atoms with Crippen LogP contribution >= 0.6 is 23.2 Å². The number of carbonyl (C=O) groups is 1. The maximum Gasteiger partial charge on any atom is 0.240 e. The summed E-state index contributed by atoms with van der Waals surface area (Å²) >= 11 is 11.5. The fraction of sp³-hybridized carbons (Fsp3) is 0.222. The third-order valence-corrected chi connectivity index (χ3v) is 2.58. The largest absolute Gasteiger partial charge is 0.322 e. The van der Waals surface area contributed by atoms with Gasteiger partial charge in [0.1, 0.15) is 0 Å². The molecule has 0 heterocycles. The Bertz CT molecular complexity index is 355. The predicted octanol–water partition coefficient (Wildman–Crippen LogP) is 1.91. The van der Waals surface area contributed by atoms with Crippen molar-refractivity contribution in [3.8, 4) is 0 Å². The maximum atomic E-state index is 11.2. The number of benzene rings is 1. The molecule has 0 aromatic heterocycles. The molecule has 0 bridgehead atoms. The zero-order valence-corrected chi connectivity index (χ0v) is 9.14. The smallest absolute Gasteiger partial charge is 0.240 e. The first-order chi connectivity index (χ1) is 6.56. The van der Waals surface area contributed by atoms with E-state index >= 15 is 0 Å². The van der Waals surface area contributed by atoms with Gasteiger partial charge in [-0.3, -0.25) is 4.79 Å². The minimum Gasteiger partial charge on any atom is -0.322 e. The van der Waals surface area contributed by atoms with E-state index in [0.717, 1.165) is 0 Å². The molecule has 5 heteroatoms. The summed E-state index contributed by atoms with van der Waals surface area (Å²) in [6, 6.07) is 4.97. The molecule has 0 spiro atoms. The molecule has 1 aromatic rings. The van der Waals surface area contributed by atoms with Crippen LogP contribution in [0.5, 0.6) is 0 Å². The van der Waals surface area contributed by atoms with Crippen LogP contribution in [-0.4, -0.2) is 19.5 Å². The van der Waals surface area contributed by atoms with Gasteiger partial charge in [-0.2, -0.15) is 0 Å². The Kier molecular flexibility index (Phi) is 3.75. The van der Waals surface area contributed by atoms with Crippen LogP contribution in [0.1, 0.15) is 0 Å². The van der Waals surface area contributed by atoms with Gasteiger partial charge in [-0.25, -0.2) is 0 Å². The van der Waals surface area contributed by atoms with Crippen LogP contribution in [0.4, 0.5) is 5.69 Å². The quantitative estimate of drug-likeness (QED) is 0.848. The van der Waals surface area contributed by atoms with Crippen LogP contribution in [0.15, 0.2) is 18.2 Å². The summed E-state index contributed by atoms with van der Waals surface area (Å²) in [5.41, 5.74) is 5.90. The maximum absolute atomic E-state index is 11.2. The van der Waals surface area contributed by atoms with Gasteiger partial charge in [0.2, 0.25) is 5.91 Å². The average Bonchev–Trinajstić information content (AvgIpc) is 2.20. The van der Waals surface area contributed by atoms with Crippen LogP contribution in [0.2, 0.25) is 10.0 Å². The van der Waals surface area contributed by atoms with Gasteiger partial charge in [0.05, 0.1) is 16.6 Å². The van der Waals surface area contributed by atoms with E-state index in [-0.39, 0.29) is 12.5 Å². The summed E-state index contributed by atoms with van der Waals surface area (Å²) in [5.74, 6) is -0.177. The van der Waals surface area contributed by atoms with Crippen molar-refractivity contribution in [3.05, 3.63) is 28.2 Å². The summed E-state index contributed by atoms with van der Waals surface area (Å²) in [5, 5.41) is 0.879. The zero-order valence-electron chi connectivity index (χ0n) is 7.63. The Morgan fingerprint density at radius 2 is 2.07 bits per heavy atom. The van der Waals surface area contributed by atoms with Gasteiger partial charge < -0.3 is 10.6 Å². The fourth-order valence-corrected chi connectivity index (χ4v) is 1.27. The third kappa shape index (κ3) is 2.38. The number of hydrogen-bond acceptors (Lipinski definition) is 2. The van der Waals surface area contributed by atoms with E-state index in [1.165, 1.54) is 4.90 Å². The molecule has 2 N–H and O–H groups in total. The molecule has 1 rings (SSSR count). The molecule has 0 aliphatic carbocycles. The standard InChI is InChI=1S/C9H10Cl2N2O/c1-13(9(14)5-12)6-2-3-7(10)8(11)4-6/h2-4H,5,12H2,1H3. The van der Waals surface area contributed by atoms with Crippen LogP contribution in [0, 0.1) is 0 Å². The van der Waals surface area contributed by atoms with Gasteiger partial charge >= 0.3 is 0 Å². The second-order valence-corrected chi connectivity index (χ2v) is 3.57. The molecule has 0 atom stereocenters. The minimum absolute atomic E-state index is 0.0310. The average molecular weight is 233 g/mol. The molecule has 0 saturated heterocycles. The highest BCUT2D eigenvalue weighted by atomic mass is 35.5. The van der Waals surface area contributed by atoms with Crippen molar-refractivity contribution >= 4 is 34.8 Å². The summed E-state index contributed by atoms with van der Waals surface area (Å²) in [4.78, 5) is 12.7. The van der Waals surface area contributed by atoms with Gasteiger partial charge in [0, 0.05) is 12.7 Å². The number of carbonyl (C=O) groups excluding carboxylic acids is 1. The molecule has 76 valence electrons. The second-order valence-electron chi connectivity index (χ2n) is 2.76. The van der Waals surface area contributed by atoms with Crippen LogP contribution in [0.25, 0.3) is 0 Å². The number of likely N-dealkylation sites (N-methyl/N-ethyl adjacent to an activating group) is 1. The molecule has 1 amide bonds. The number of hydrogen-bond donors (Lipinski definition) is 1. The summed E-state index contributed by atoms with van der Waals surface area (Å²) in [7, 11) is 1.63. The van der Waals surface area contributed by atoms with Crippen molar-refractivity contribution in [1.29, 1.82) is 0 Å². The normalized spacial score (nSPS) is 10.0. The Morgan fingerprint density at radius 1 is 1.43 bits per heavy atom. The van der Waals surface area contributed by atoms with Gasteiger partial charge in [-0.05, 0) is 18.2 Å². The molecular weight excluding hydrogens is 223 g/mol. The summed E-state index contributed by atoms with van der Waals surface area (Å²) < 4.78 is 0. The number of anilines is 1. The van der Waals surface area contributed by atoms with Crippen molar-refractivity contribution < 1.29 is 4.79 Å². The Morgan fingerprint density at radius 3 is 2.57 bits per heavy atom. The molecule has 0 fully saturated rings. The topological polar surface area (TPSA) is 46.3 Å². The fourth-order valence-electron chi connectivity index (χ4n) is 0.975. The van der Waals surface area contributed by atoms with Crippen molar-refractivity contribution in [3.63, 3.8) is 0 Å². The third-order valence-electron chi connectivity index (χ3n) is 1.84. The van der Waals surface area contributed by atoms with Gasteiger partial charge in [0.15, 0.2) is 0 Å². The van der Waals surface area contributed by atoms with Crippen LogP contribution in [-0.2, 0) is 4.79 Å². The molecular formula is C9H10Cl2N2O. The lowest BCUT2D eigenvalue weighted by Crippen LogP contribution is -2.32. The van der Waals surface area contributed by atoms with E-state index < -0.39 is 0 Å². The number of nitrogens with two attached hydrogens (primary N) is 1. The zero-order chi connectivity index (χ0) is 10.7. The Hall–Kier alpha value is -0.770. The molecule has 0 aliphatic rings. The first-order valence-electron chi connectivity index (χ1n) is 3.98. The van der Waals surface area contributed by atoms with E-state index in [1.54, 1.807) is 25.2 Å². The lowest BCUT2D eigenvalue weighted by atomic mass is 10.3. The lowest BCUT2D eigenvalue weighted by Gasteiger charge is -2.16. The predicted molar refractivity (Wildman–Crippen MR) is 58.9 cm³/mol. The van der Waals surface area contributed by atoms with Crippen LogP contribution < -0.4 is 10.6 Å². The van der Waals surface area contributed by atoms with Crippen molar-refractivity contribution in [2.24, 2.45) is 5.73 Å². The van der Waals surface area contributed by atoms with Crippen molar-refractivity contribution in [2.45, 2.75) is 0 Å². The SMILES string of the molecule is CN(C(=O)CN)c1ccc(Cl)c(Cl)c1. The van der Waals surface area contributed by atoms with Gasteiger partial charge in [0.25, 0.3) is 0 Å². The minimum atomic E-state index is -0.177. The number of nitrogens with zero attached hydrogens (tertiary/aromatic N) is 1. The molecule has 0 saturated carbocycles. The van der Waals surface area contributed by atoms with Crippen molar-refractivity contribution in [2.75, 3.05) is 18.5 Å². The molecule has 0 radical (unpaired) electrons. The van der Waals surface area contributed by atoms with E-state index in [0.29, 0.717) is 15.7 Å². The molecule has 0 aliphatic heterocycles. The van der Waals surface area contributed by atoms with E-state index in [2.05, 4.69) is 0 Å². The van der Waals surface area contributed by atoms with Gasteiger partial charge in [-0.1, -0.05) is 23.2 Å². The molecule has 3 nitrogen and oxygen atoms in total. The van der Waals surface area contributed by atoms with E-state index in [1.807, 2.05) is 0 Å². The Labute approximate surface area is 92.4 Å². The van der Waals surface area contributed by atoms with E-state index in [4.69, 9.17) is 28.9 Å². The number of halogens is 2. The highest BCUT2D eigenvalue weighted by molar-refractivity contribution is 6.42. The molecule has 0 unspecified atom stereocenters. The first kappa shape index (κ1) is 11.3. The monoisotopic (exact) mass is 232 g/mol. The number of rotatable bonds is 2. The number of amides is 1. The van der Waals surface area contributed by atoms with Crippen molar-refractivity contribution in [1.82, 2.24) is 0 Å². The second kappa shape index (κ2) is 4.64. The summed E-state index contributed by atoms with van der Waals surface area (Å²) in [6.45, 7) is -0.0310. The molecule has 1 aromatic carbocycles. The molecule has 14 heavy (non-hydrogen) atoms. The van der Waals surface area contributed by atoms with E-state index in [9.17, 15) is 4.79 Å². The first-order valence-corrected chi connectivity index (χ1v) is 4.73.